The Morgan fingerprint density at radius 1 is 1.38 bits per heavy atom. The summed E-state index contributed by atoms with van der Waals surface area (Å²) in [4.78, 5) is 11.4. The molecule has 0 unspecified atom stereocenters. The first kappa shape index (κ1) is 12.3. The molecule has 0 atom stereocenters. The van der Waals surface area contributed by atoms with Gasteiger partial charge in [-0.05, 0) is 18.9 Å². The molecule has 1 rings (SSSR count). The average molecular weight is 219 g/mol. The van der Waals surface area contributed by atoms with Gasteiger partial charge in [0.25, 0.3) is 0 Å². The number of alkyl carbamates (subject to hydrolysis) is 1. The number of benzene rings is 1. The summed E-state index contributed by atoms with van der Waals surface area (Å²) >= 11 is 0. The molecule has 0 saturated carbocycles. The standard InChI is InChI=1S/C13H17NO2/c1-3-12(4-2)14-13(15)16-10-11-8-6-5-7-9-11/h3,5-9H,4,10H2,1-2H3,(H,14,15). The van der Waals surface area contributed by atoms with Crippen LogP contribution in [-0.4, -0.2) is 6.09 Å². The van der Waals surface area contributed by atoms with E-state index in [2.05, 4.69) is 5.32 Å². The van der Waals surface area contributed by atoms with Gasteiger partial charge in [0.2, 0.25) is 0 Å². The van der Waals surface area contributed by atoms with Crippen LogP contribution in [0.3, 0.4) is 0 Å². The minimum absolute atomic E-state index is 0.299. The Hall–Kier alpha value is -1.77. The second-order valence-electron chi connectivity index (χ2n) is 3.35. The van der Waals surface area contributed by atoms with Crippen molar-refractivity contribution in [3.8, 4) is 0 Å². The first-order chi connectivity index (χ1) is 7.76. The molecule has 0 fully saturated rings. The Balaban J connectivity index is 2.36. The predicted molar refractivity (Wildman–Crippen MR) is 63.8 cm³/mol. The van der Waals surface area contributed by atoms with Crippen LogP contribution < -0.4 is 5.32 Å². The number of amides is 1. The first-order valence-corrected chi connectivity index (χ1v) is 5.39. The van der Waals surface area contributed by atoms with Gasteiger partial charge in [0.15, 0.2) is 0 Å². The molecule has 3 heteroatoms. The molecule has 1 N–H and O–H groups in total. The van der Waals surface area contributed by atoms with E-state index in [0.717, 1.165) is 17.7 Å². The number of ether oxygens (including phenoxy) is 1. The van der Waals surface area contributed by atoms with Crippen molar-refractivity contribution in [3.63, 3.8) is 0 Å². The largest absolute Gasteiger partial charge is 0.444 e. The minimum atomic E-state index is -0.404. The zero-order valence-electron chi connectivity index (χ0n) is 9.69. The van der Waals surface area contributed by atoms with Crippen molar-refractivity contribution in [1.29, 1.82) is 0 Å². The maximum Gasteiger partial charge on any atom is 0.411 e. The zero-order valence-corrected chi connectivity index (χ0v) is 9.69. The third kappa shape index (κ3) is 4.17. The fourth-order valence-electron chi connectivity index (χ4n) is 1.25. The van der Waals surface area contributed by atoms with E-state index in [9.17, 15) is 4.79 Å². The molecule has 0 aliphatic rings. The molecule has 16 heavy (non-hydrogen) atoms. The van der Waals surface area contributed by atoms with Gasteiger partial charge < -0.3 is 4.74 Å². The molecule has 0 heterocycles. The fraction of sp³-hybridized carbons (Fsp3) is 0.308. The third-order valence-corrected chi connectivity index (χ3v) is 2.20. The summed E-state index contributed by atoms with van der Waals surface area (Å²) in [7, 11) is 0. The lowest BCUT2D eigenvalue weighted by molar-refractivity contribution is 0.142. The number of hydrogen-bond donors (Lipinski definition) is 1. The van der Waals surface area contributed by atoms with Crippen LogP contribution in [0.5, 0.6) is 0 Å². The maximum atomic E-state index is 11.4. The van der Waals surface area contributed by atoms with Crippen LogP contribution in [0.25, 0.3) is 0 Å². The molecule has 3 nitrogen and oxygen atoms in total. The van der Waals surface area contributed by atoms with E-state index in [1.807, 2.05) is 50.3 Å². The molecule has 1 amide bonds. The van der Waals surface area contributed by atoms with E-state index < -0.39 is 6.09 Å². The average Bonchev–Trinajstić information content (AvgIpc) is 2.34. The quantitative estimate of drug-likeness (QED) is 0.844. The summed E-state index contributed by atoms with van der Waals surface area (Å²) in [5.41, 5.74) is 1.86. The van der Waals surface area contributed by atoms with Gasteiger partial charge in [-0.1, -0.05) is 43.3 Å². The van der Waals surface area contributed by atoms with E-state index in [4.69, 9.17) is 4.74 Å². The Kier molecular flexibility index (Phi) is 5.12. The second-order valence-corrected chi connectivity index (χ2v) is 3.35. The number of hydrogen-bond acceptors (Lipinski definition) is 2. The van der Waals surface area contributed by atoms with Gasteiger partial charge in [-0.3, -0.25) is 5.32 Å². The molecule has 1 aromatic rings. The van der Waals surface area contributed by atoms with Crippen molar-refractivity contribution < 1.29 is 9.53 Å². The van der Waals surface area contributed by atoms with E-state index in [0.29, 0.717) is 6.61 Å². The molecule has 0 radical (unpaired) electrons. The van der Waals surface area contributed by atoms with Crippen LogP contribution in [0.1, 0.15) is 25.8 Å². The van der Waals surface area contributed by atoms with Crippen molar-refractivity contribution in [2.45, 2.75) is 26.9 Å². The summed E-state index contributed by atoms with van der Waals surface area (Å²) in [5, 5.41) is 2.69. The maximum absolute atomic E-state index is 11.4. The Bertz CT molecular complexity index is 357. The number of carbonyl (C=O) groups excluding carboxylic acids is 1. The minimum Gasteiger partial charge on any atom is -0.444 e. The van der Waals surface area contributed by atoms with Gasteiger partial charge in [0.1, 0.15) is 6.61 Å². The molecule has 0 aromatic heterocycles. The number of carbonyl (C=O) groups is 1. The molecular formula is C13H17NO2. The normalized spacial score (nSPS) is 11.0. The first-order valence-electron chi connectivity index (χ1n) is 5.39. The van der Waals surface area contributed by atoms with E-state index >= 15 is 0 Å². The molecule has 0 spiro atoms. The van der Waals surface area contributed by atoms with Crippen molar-refractivity contribution >= 4 is 6.09 Å². The van der Waals surface area contributed by atoms with Gasteiger partial charge in [-0.2, -0.15) is 0 Å². The van der Waals surface area contributed by atoms with Crippen LogP contribution in [0.15, 0.2) is 42.1 Å². The molecule has 0 bridgehead atoms. The lowest BCUT2D eigenvalue weighted by Gasteiger charge is -2.08. The van der Waals surface area contributed by atoms with E-state index in [1.165, 1.54) is 0 Å². The number of allylic oxidation sites excluding steroid dienone is 2. The highest BCUT2D eigenvalue weighted by Crippen LogP contribution is 2.01. The van der Waals surface area contributed by atoms with Gasteiger partial charge >= 0.3 is 6.09 Å². The number of rotatable bonds is 4. The van der Waals surface area contributed by atoms with Gasteiger partial charge in [-0.15, -0.1) is 0 Å². The van der Waals surface area contributed by atoms with E-state index in [-0.39, 0.29) is 0 Å². The third-order valence-electron chi connectivity index (χ3n) is 2.20. The van der Waals surface area contributed by atoms with E-state index in [1.54, 1.807) is 0 Å². The predicted octanol–water partition coefficient (Wildman–Crippen LogP) is 3.23. The van der Waals surface area contributed by atoms with Crippen molar-refractivity contribution in [3.05, 3.63) is 47.7 Å². The molecule has 1 aromatic carbocycles. The Morgan fingerprint density at radius 2 is 2.06 bits per heavy atom. The highest BCUT2D eigenvalue weighted by molar-refractivity contribution is 5.69. The lowest BCUT2D eigenvalue weighted by Crippen LogP contribution is -2.23. The molecule has 0 saturated heterocycles. The van der Waals surface area contributed by atoms with Crippen molar-refractivity contribution in [1.82, 2.24) is 5.32 Å². The summed E-state index contributed by atoms with van der Waals surface area (Å²) < 4.78 is 5.07. The van der Waals surface area contributed by atoms with Crippen LogP contribution in [0, 0.1) is 0 Å². The van der Waals surface area contributed by atoms with Crippen LogP contribution in [0.4, 0.5) is 4.79 Å². The molecule has 0 aliphatic heterocycles. The van der Waals surface area contributed by atoms with Gasteiger partial charge in [0.05, 0.1) is 0 Å². The van der Waals surface area contributed by atoms with Crippen molar-refractivity contribution in [2.75, 3.05) is 0 Å². The van der Waals surface area contributed by atoms with Crippen LogP contribution in [0.2, 0.25) is 0 Å². The van der Waals surface area contributed by atoms with Gasteiger partial charge in [-0.25, -0.2) is 4.79 Å². The summed E-state index contributed by atoms with van der Waals surface area (Å²) in [6.45, 7) is 4.16. The molecule has 86 valence electrons. The highest BCUT2D eigenvalue weighted by atomic mass is 16.5. The van der Waals surface area contributed by atoms with Crippen LogP contribution in [-0.2, 0) is 11.3 Å². The smallest absolute Gasteiger partial charge is 0.411 e. The SMILES string of the molecule is CC=C(CC)NC(=O)OCc1ccccc1. The molecular weight excluding hydrogens is 202 g/mol. The topological polar surface area (TPSA) is 38.3 Å². The highest BCUT2D eigenvalue weighted by Gasteiger charge is 2.03. The second kappa shape index (κ2) is 6.67. The van der Waals surface area contributed by atoms with Crippen LogP contribution >= 0.6 is 0 Å². The Morgan fingerprint density at radius 3 is 2.62 bits per heavy atom. The lowest BCUT2D eigenvalue weighted by atomic mass is 10.2. The monoisotopic (exact) mass is 219 g/mol. The Labute approximate surface area is 96.1 Å². The fourth-order valence-corrected chi connectivity index (χ4v) is 1.25. The number of nitrogens with one attached hydrogen (secondary N) is 1. The summed E-state index contributed by atoms with van der Waals surface area (Å²) in [5.74, 6) is 0. The molecule has 0 aliphatic carbocycles. The summed E-state index contributed by atoms with van der Waals surface area (Å²) in [6, 6.07) is 9.60. The van der Waals surface area contributed by atoms with Gasteiger partial charge in [0, 0.05) is 5.70 Å². The van der Waals surface area contributed by atoms with Crippen molar-refractivity contribution in [2.24, 2.45) is 0 Å². The zero-order chi connectivity index (χ0) is 11.8. The summed E-state index contributed by atoms with van der Waals surface area (Å²) in [6.07, 6.45) is 2.25.